The van der Waals surface area contributed by atoms with Crippen molar-refractivity contribution in [3.05, 3.63) is 33.9 Å². The minimum atomic E-state index is -4.66. The Balaban J connectivity index is 2.73. The Kier molecular flexibility index (Phi) is 2.53. The topological polar surface area (TPSA) is 102 Å². The Morgan fingerprint density at radius 2 is 2.06 bits per heavy atom. The van der Waals surface area contributed by atoms with E-state index in [1.165, 1.54) is 0 Å². The molecule has 0 bridgehead atoms. The molecule has 0 saturated carbocycles. The number of carbonyl (C=O) groups excluding carboxylic acids is 1. The van der Waals surface area contributed by atoms with Crippen molar-refractivity contribution in [3.8, 4) is 0 Å². The molecule has 0 radical (unpaired) electrons. The van der Waals surface area contributed by atoms with Crippen LogP contribution in [-0.4, -0.2) is 20.9 Å². The van der Waals surface area contributed by atoms with Crippen molar-refractivity contribution in [2.75, 3.05) is 0 Å². The largest absolute Gasteiger partial charge is 0.434 e. The van der Waals surface area contributed by atoms with Crippen LogP contribution in [0.4, 0.5) is 13.2 Å². The van der Waals surface area contributed by atoms with E-state index in [2.05, 4.69) is 15.0 Å². The fourth-order valence-corrected chi connectivity index (χ4v) is 1.30. The fraction of sp³-hybridized carbons (Fsp3) is 0.111. The zero-order chi connectivity index (χ0) is 13.5. The Bertz CT molecular complexity index is 692. The molecule has 0 fully saturated rings. The summed E-state index contributed by atoms with van der Waals surface area (Å²) in [4.78, 5) is 31.0. The van der Waals surface area contributed by atoms with E-state index in [1.807, 2.05) is 0 Å². The van der Waals surface area contributed by atoms with Crippen LogP contribution in [0.3, 0.4) is 0 Å². The van der Waals surface area contributed by atoms with Crippen LogP contribution in [0.15, 0.2) is 17.1 Å². The zero-order valence-corrected chi connectivity index (χ0v) is 8.58. The van der Waals surface area contributed by atoms with Crippen molar-refractivity contribution in [2.24, 2.45) is 5.73 Å². The van der Waals surface area contributed by atoms with Gasteiger partial charge >= 0.3 is 6.18 Å². The smallest absolute Gasteiger partial charge is 0.365 e. The summed E-state index contributed by atoms with van der Waals surface area (Å²) in [6, 6.07) is 0.874. The molecule has 2 aromatic heterocycles. The Hall–Kier alpha value is -2.45. The second-order valence-corrected chi connectivity index (χ2v) is 3.36. The maximum Gasteiger partial charge on any atom is 0.434 e. The average molecular weight is 258 g/mol. The van der Waals surface area contributed by atoms with Gasteiger partial charge < -0.3 is 10.7 Å². The summed E-state index contributed by atoms with van der Waals surface area (Å²) in [5.41, 5.74) is 1.95. The van der Waals surface area contributed by atoms with Gasteiger partial charge in [0.2, 0.25) is 0 Å². The van der Waals surface area contributed by atoms with Gasteiger partial charge in [0.05, 0.1) is 6.20 Å². The quantitative estimate of drug-likeness (QED) is 0.774. The minimum Gasteiger partial charge on any atom is -0.365 e. The summed E-state index contributed by atoms with van der Waals surface area (Å²) < 4.78 is 37.2. The van der Waals surface area contributed by atoms with Gasteiger partial charge in [0.1, 0.15) is 11.1 Å². The molecule has 6 nitrogen and oxygen atoms in total. The molecular weight excluding hydrogens is 253 g/mol. The minimum absolute atomic E-state index is 0.155. The number of nitrogens with one attached hydrogen (secondary N) is 1. The number of primary amides is 1. The lowest BCUT2D eigenvalue weighted by Gasteiger charge is -2.06. The first kappa shape index (κ1) is 12.0. The molecule has 0 unspecified atom stereocenters. The van der Waals surface area contributed by atoms with Gasteiger partial charge in [-0.2, -0.15) is 13.2 Å². The van der Waals surface area contributed by atoms with Crippen LogP contribution in [0.5, 0.6) is 0 Å². The molecular formula is C9H5F3N4O2. The Labute approximate surface area is 96.7 Å². The first-order valence-electron chi connectivity index (χ1n) is 4.56. The van der Waals surface area contributed by atoms with Gasteiger partial charge in [0.25, 0.3) is 11.5 Å². The number of nitrogens with two attached hydrogens (primary N) is 1. The fourth-order valence-electron chi connectivity index (χ4n) is 1.30. The number of hydrogen-bond acceptors (Lipinski definition) is 4. The van der Waals surface area contributed by atoms with Crippen molar-refractivity contribution >= 4 is 17.1 Å². The maximum atomic E-state index is 12.4. The molecule has 0 aliphatic rings. The predicted octanol–water partition coefficient (Wildman–Crippen LogP) is 0.436. The number of pyridine rings is 1. The molecule has 2 aromatic rings. The molecule has 2 rings (SSSR count). The zero-order valence-electron chi connectivity index (χ0n) is 8.58. The van der Waals surface area contributed by atoms with Crippen LogP contribution in [-0.2, 0) is 6.18 Å². The van der Waals surface area contributed by atoms with E-state index in [1.54, 1.807) is 0 Å². The molecule has 0 aliphatic carbocycles. The monoisotopic (exact) mass is 258 g/mol. The highest BCUT2D eigenvalue weighted by molar-refractivity contribution is 5.94. The van der Waals surface area contributed by atoms with Crippen molar-refractivity contribution in [3.63, 3.8) is 0 Å². The summed E-state index contributed by atoms with van der Waals surface area (Å²) in [5.74, 6) is -1.06. The summed E-state index contributed by atoms with van der Waals surface area (Å²) in [7, 11) is 0. The van der Waals surface area contributed by atoms with Gasteiger partial charge in [-0.1, -0.05) is 0 Å². The number of amides is 1. The predicted molar refractivity (Wildman–Crippen MR) is 53.7 cm³/mol. The van der Waals surface area contributed by atoms with Crippen molar-refractivity contribution in [1.82, 2.24) is 15.0 Å². The van der Waals surface area contributed by atoms with Crippen LogP contribution in [0.2, 0.25) is 0 Å². The number of halogens is 3. The van der Waals surface area contributed by atoms with Crippen LogP contribution in [0, 0.1) is 0 Å². The average Bonchev–Trinajstić information content (AvgIpc) is 2.25. The highest BCUT2D eigenvalue weighted by atomic mass is 19.4. The van der Waals surface area contributed by atoms with Gasteiger partial charge in [0.15, 0.2) is 11.3 Å². The number of alkyl halides is 3. The van der Waals surface area contributed by atoms with Gasteiger partial charge in [-0.3, -0.25) is 9.59 Å². The molecule has 0 saturated heterocycles. The van der Waals surface area contributed by atoms with Crippen LogP contribution < -0.4 is 11.3 Å². The van der Waals surface area contributed by atoms with Crippen LogP contribution in [0.1, 0.15) is 16.1 Å². The number of hydrogen-bond donors (Lipinski definition) is 2. The van der Waals surface area contributed by atoms with Crippen molar-refractivity contribution in [2.45, 2.75) is 6.18 Å². The van der Waals surface area contributed by atoms with E-state index in [9.17, 15) is 22.8 Å². The summed E-state index contributed by atoms with van der Waals surface area (Å²) in [6.45, 7) is 0. The van der Waals surface area contributed by atoms with E-state index < -0.39 is 28.9 Å². The summed E-state index contributed by atoms with van der Waals surface area (Å²) >= 11 is 0. The van der Waals surface area contributed by atoms with Gasteiger partial charge in [-0.15, -0.1) is 0 Å². The van der Waals surface area contributed by atoms with E-state index in [-0.39, 0.29) is 11.2 Å². The number of fused-ring (bicyclic) bond motifs is 1. The molecule has 0 aromatic carbocycles. The number of H-pyrrole nitrogens is 1. The van der Waals surface area contributed by atoms with Gasteiger partial charge in [-0.05, 0) is 6.07 Å². The lowest BCUT2D eigenvalue weighted by Crippen LogP contribution is -2.24. The summed E-state index contributed by atoms with van der Waals surface area (Å²) in [6.07, 6.45) is -4.17. The first-order valence-corrected chi connectivity index (χ1v) is 4.56. The highest BCUT2D eigenvalue weighted by Crippen LogP contribution is 2.27. The molecule has 3 N–H and O–H groups in total. The van der Waals surface area contributed by atoms with E-state index >= 15 is 0 Å². The number of nitrogens with zero attached hydrogens (tertiary/aromatic N) is 2. The van der Waals surface area contributed by atoms with Gasteiger partial charge in [0, 0.05) is 0 Å². The molecule has 0 spiro atoms. The Morgan fingerprint density at radius 1 is 1.39 bits per heavy atom. The maximum absolute atomic E-state index is 12.4. The van der Waals surface area contributed by atoms with Gasteiger partial charge in [-0.25, -0.2) is 9.97 Å². The molecule has 94 valence electrons. The first-order chi connectivity index (χ1) is 8.29. The molecule has 18 heavy (non-hydrogen) atoms. The second-order valence-electron chi connectivity index (χ2n) is 3.36. The highest BCUT2D eigenvalue weighted by Gasteiger charge is 2.33. The number of rotatable bonds is 1. The van der Waals surface area contributed by atoms with E-state index in [0.717, 1.165) is 6.07 Å². The second kappa shape index (κ2) is 3.79. The lowest BCUT2D eigenvalue weighted by molar-refractivity contribution is -0.141. The van der Waals surface area contributed by atoms with E-state index in [4.69, 9.17) is 5.73 Å². The molecule has 2 heterocycles. The summed E-state index contributed by atoms with van der Waals surface area (Å²) in [5, 5.41) is 0. The molecule has 0 atom stereocenters. The molecule has 1 amide bonds. The van der Waals surface area contributed by atoms with Crippen LogP contribution >= 0.6 is 0 Å². The number of carbonyl (C=O) groups is 1. The third-order valence-corrected chi connectivity index (χ3v) is 2.11. The lowest BCUT2D eigenvalue weighted by atomic mass is 10.2. The van der Waals surface area contributed by atoms with Crippen LogP contribution in [0.25, 0.3) is 11.2 Å². The molecule has 0 aliphatic heterocycles. The Morgan fingerprint density at radius 3 is 2.61 bits per heavy atom. The number of aromatic amines is 1. The molecule has 9 heteroatoms. The number of aromatic nitrogens is 3. The standard InChI is InChI=1S/C9H5F3N4O2/c10-9(11,12)5-2-14-7-4(15-5)1-3(6(13)17)8(18)16-7/h1-2H,(H2,13,17)(H,14,16,18). The third-order valence-electron chi connectivity index (χ3n) is 2.11. The van der Waals surface area contributed by atoms with E-state index in [0.29, 0.717) is 6.20 Å². The van der Waals surface area contributed by atoms with Crippen molar-refractivity contribution in [1.29, 1.82) is 0 Å². The third kappa shape index (κ3) is 2.01. The SMILES string of the molecule is NC(=O)c1cc2nc(C(F)(F)F)cnc2[nH]c1=O. The van der Waals surface area contributed by atoms with Crippen molar-refractivity contribution < 1.29 is 18.0 Å². The normalized spacial score (nSPS) is 11.7.